The van der Waals surface area contributed by atoms with E-state index >= 15 is 0 Å². The van der Waals surface area contributed by atoms with Crippen molar-refractivity contribution in [3.63, 3.8) is 0 Å². The fraction of sp³-hybridized carbons (Fsp3) is 1.00. The highest BCUT2D eigenvalue weighted by atomic mass is 28.4. The van der Waals surface area contributed by atoms with Crippen LogP contribution in [0.3, 0.4) is 0 Å². The molecule has 0 heterocycles. The molecule has 2 bridgehead atoms. The molecule has 0 radical (unpaired) electrons. The summed E-state index contributed by atoms with van der Waals surface area (Å²) in [5.74, 6) is 4.14. The van der Waals surface area contributed by atoms with E-state index in [1.165, 1.54) is 25.3 Å². The molecule has 0 aromatic heterocycles. The Morgan fingerprint density at radius 1 is 1.14 bits per heavy atom. The molecule has 1 nitrogen and oxygen atoms in total. The maximum absolute atomic E-state index is 5.67. The van der Waals surface area contributed by atoms with E-state index in [-0.39, 0.29) is 0 Å². The van der Waals surface area contributed by atoms with E-state index < -0.39 is 8.32 Å². The standard InChI is InChI=1S/C12H24OSi/c1-9-5-11-6-10(9)7-12(11)8-14(3,4)13-2/h9-12H,5-8H2,1-4H3. The van der Waals surface area contributed by atoms with Crippen LogP contribution < -0.4 is 0 Å². The average molecular weight is 212 g/mol. The first-order valence-electron chi connectivity index (χ1n) is 6.07. The summed E-state index contributed by atoms with van der Waals surface area (Å²) in [6, 6.07) is 1.40. The van der Waals surface area contributed by atoms with Gasteiger partial charge in [-0.25, -0.2) is 0 Å². The van der Waals surface area contributed by atoms with Gasteiger partial charge in [-0.1, -0.05) is 6.92 Å². The maximum atomic E-state index is 5.67. The third kappa shape index (κ3) is 1.92. The Balaban J connectivity index is 1.91. The van der Waals surface area contributed by atoms with Gasteiger partial charge < -0.3 is 4.43 Å². The minimum atomic E-state index is -1.30. The molecule has 2 aliphatic carbocycles. The van der Waals surface area contributed by atoms with Gasteiger partial charge in [0, 0.05) is 7.11 Å². The van der Waals surface area contributed by atoms with Crippen molar-refractivity contribution >= 4 is 8.32 Å². The van der Waals surface area contributed by atoms with Gasteiger partial charge >= 0.3 is 0 Å². The Morgan fingerprint density at radius 2 is 1.86 bits per heavy atom. The van der Waals surface area contributed by atoms with Crippen molar-refractivity contribution < 1.29 is 4.43 Å². The van der Waals surface area contributed by atoms with E-state index in [0.717, 1.165) is 23.7 Å². The average Bonchev–Trinajstić information content (AvgIpc) is 2.62. The van der Waals surface area contributed by atoms with Crippen LogP contribution in [-0.2, 0) is 4.43 Å². The molecule has 2 rings (SSSR count). The van der Waals surface area contributed by atoms with Gasteiger partial charge in [-0.3, -0.25) is 0 Å². The van der Waals surface area contributed by atoms with Crippen LogP contribution in [0.15, 0.2) is 0 Å². The van der Waals surface area contributed by atoms with Crippen molar-refractivity contribution in [2.45, 2.75) is 45.3 Å². The smallest absolute Gasteiger partial charge is 0.186 e. The molecule has 4 unspecified atom stereocenters. The molecule has 0 saturated heterocycles. The predicted octanol–water partition coefficient (Wildman–Crippen LogP) is 3.52. The lowest BCUT2D eigenvalue weighted by atomic mass is 9.84. The van der Waals surface area contributed by atoms with Crippen LogP contribution in [0.1, 0.15) is 26.2 Å². The predicted molar refractivity (Wildman–Crippen MR) is 62.8 cm³/mol. The zero-order valence-electron chi connectivity index (χ0n) is 10.0. The monoisotopic (exact) mass is 212 g/mol. The molecule has 2 saturated carbocycles. The van der Waals surface area contributed by atoms with Crippen LogP contribution in [-0.4, -0.2) is 15.4 Å². The number of hydrogen-bond donors (Lipinski definition) is 0. The van der Waals surface area contributed by atoms with Gasteiger partial charge in [0.2, 0.25) is 0 Å². The lowest BCUT2D eigenvalue weighted by molar-refractivity contribution is 0.276. The lowest BCUT2D eigenvalue weighted by Gasteiger charge is -2.31. The summed E-state index contributed by atoms with van der Waals surface area (Å²) in [5.41, 5.74) is 0. The van der Waals surface area contributed by atoms with Crippen LogP contribution in [0.25, 0.3) is 0 Å². The van der Waals surface area contributed by atoms with E-state index in [0.29, 0.717) is 0 Å². The van der Waals surface area contributed by atoms with Gasteiger partial charge in [0.1, 0.15) is 0 Å². The first kappa shape index (κ1) is 10.7. The second-order valence-corrected chi connectivity index (χ2v) is 10.5. The molecule has 4 atom stereocenters. The molecule has 14 heavy (non-hydrogen) atoms. The van der Waals surface area contributed by atoms with Gasteiger partial charge in [0.25, 0.3) is 0 Å². The summed E-state index contributed by atoms with van der Waals surface area (Å²) in [6.07, 6.45) is 4.54. The Bertz CT molecular complexity index is 212. The van der Waals surface area contributed by atoms with Crippen molar-refractivity contribution in [3.8, 4) is 0 Å². The van der Waals surface area contributed by atoms with E-state index in [2.05, 4.69) is 20.0 Å². The van der Waals surface area contributed by atoms with Crippen molar-refractivity contribution in [2.75, 3.05) is 7.11 Å². The van der Waals surface area contributed by atoms with Gasteiger partial charge in [0.05, 0.1) is 0 Å². The fourth-order valence-corrected chi connectivity index (χ4v) is 5.58. The number of fused-ring (bicyclic) bond motifs is 2. The number of hydrogen-bond acceptors (Lipinski definition) is 1. The molecule has 0 amide bonds. The Labute approximate surface area is 89.4 Å². The first-order valence-corrected chi connectivity index (χ1v) is 9.18. The third-order valence-electron chi connectivity index (χ3n) is 4.66. The molecule has 2 fully saturated rings. The zero-order valence-corrected chi connectivity index (χ0v) is 11.0. The summed E-state index contributed by atoms with van der Waals surface area (Å²) in [7, 11) is 0.603. The van der Waals surface area contributed by atoms with E-state index in [4.69, 9.17) is 4.43 Å². The Kier molecular flexibility index (Phi) is 2.78. The fourth-order valence-electron chi connectivity index (χ4n) is 3.65. The molecular formula is C12H24OSi. The number of rotatable bonds is 3. The Hall–Kier alpha value is 0.177. The molecule has 0 aromatic carbocycles. The normalized spacial score (nSPS) is 42.0. The van der Waals surface area contributed by atoms with Crippen LogP contribution in [0.2, 0.25) is 19.1 Å². The second kappa shape index (κ2) is 3.64. The van der Waals surface area contributed by atoms with Crippen LogP contribution >= 0.6 is 0 Å². The zero-order chi connectivity index (χ0) is 10.3. The molecule has 0 aromatic rings. The molecule has 82 valence electrons. The highest BCUT2D eigenvalue weighted by molar-refractivity contribution is 6.71. The van der Waals surface area contributed by atoms with Gasteiger partial charge in [-0.2, -0.15) is 0 Å². The second-order valence-electron chi connectivity index (χ2n) is 6.13. The van der Waals surface area contributed by atoms with E-state index in [1.54, 1.807) is 0 Å². The minimum Gasteiger partial charge on any atom is -0.420 e. The van der Waals surface area contributed by atoms with Crippen molar-refractivity contribution in [3.05, 3.63) is 0 Å². The van der Waals surface area contributed by atoms with Crippen molar-refractivity contribution in [2.24, 2.45) is 23.7 Å². The molecule has 2 heteroatoms. The quantitative estimate of drug-likeness (QED) is 0.650. The van der Waals surface area contributed by atoms with Gasteiger partial charge in [-0.15, -0.1) is 0 Å². The third-order valence-corrected chi connectivity index (χ3v) is 7.28. The minimum absolute atomic E-state index is 1.01. The summed E-state index contributed by atoms with van der Waals surface area (Å²) in [4.78, 5) is 0. The molecule has 0 N–H and O–H groups in total. The summed E-state index contributed by atoms with van der Waals surface area (Å²) in [5, 5.41) is 0. The molecule has 0 aliphatic heterocycles. The molecular weight excluding hydrogens is 188 g/mol. The van der Waals surface area contributed by atoms with Crippen LogP contribution in [0.4, 0.5) is 0 Å². The van der Waals surface area contributed by atoms with Crippen molar-refractivity contribution in [1.29, 1.82) is 0 Å². The lowest BCUT2D eigenvalue weighted by Crippen LogP contribution is -2.33. The van der Waals surface area contributed by atoms with Gasteiger partial charge in [0.15, 0.2) is 8.32 Å². The molecule has 2 aliphatic rings. The maximum Gasteiger partial charge on any atom is 0.186 e. The summed E-state index contributed by atoms with van der Waals surface area (Å²) in [6.45, 7) is 7.17. The van der Waals surface area contributed by atoms with E-state index in [9.17, 15) is 0 Å². The summed E-state index contributed by atoms with van der Waals surface area (Å²) < 4.78 is 5.67. The van der Waals surface area contributed by atoms with Crippen molar-refractivity contribution in [1.82, 2.24) is 0 Å². The van der Waals surface area contributed by atoms with Gasteiger partial charge in [-0.05, 0) is 62.1 Å². The largest absolute Gasteiger partial charge is 0.420 e. The topological polar surface area (TPSA) is 9.23 Å². The highest BCUT2D eigenvalue weighted by Gasteiger charge is 2.45. The first-order chi connectivity index (χ1) is 6.52. The SMILES string of the molecule is CO[Si](C)(C)CC1CC2CC1CC2C. The van der Waals surface area contributed by atoms with E-state index in [1.807, 2.05) is 7.11 Å². The van der Waals surface area contributed by atoms with Crippen LogP contribution in [0, 0.1) is 23.7 Å². The van der Waals surface area contributed by atoms with Crippen LogP contribution in [0.5, 0.6) is 0 Å². The summed E-state index contributed by atoms with van der Waals surface area (Å²) >= 11 is 0. The molecule has 0 spiro atoms. The highest BCUT2D eigenvalue weighted by Crippen LogP contribution is 2.53. The Morgan fingerprint density at radius 3 is 2.29 bits per heavy atom.